The second-order valence-electron chi connectivity index (χ2n) is 3.09. The number of carbonyl (C=O) groups is 1. The Hall–Kier alpha value is -1.33. The number of esters is 1. The monoisotopic (exact) mass is 214 g/mol. The van der Waals surface area contributed by atoms with Gasteiger partial charge in [0.1, 0.15) is 23.2 Å². The van der Waals surface area contributed by atoms with Crippen molar-refractivity contribution in [3.63, 3.8) is 0 Å². The second kappa shape index (κ2) is 4.95. The highest BCUT2D eigenvalue weighted by atomic mass is 17.1. The summed E-state index contributed by atoms with van der Waals surface area (Å²) in [4.78, 5) is 15.5. The van der Waals surface area contributed by atoms with E-state index in [0.29, 0.717) is 23.7 Å². The van der Waals surface area contributed by atoms with Gasteiger partial charge in [-0.15, -0.1) is 0 Å². The van der Waals surface area contributed by atoms with E-state index in [1.165, 1.54) is 6.07 Å². The maximum Gasteiger partial charge on any atom is 0.341 e. The van der Waals surface area contributed by atoms with E-state index >= 15 is 0 Å². The molecule has 0 bridgehead atoms. The minimum atomic E-state index is -0.605. The van der Waals surface area contributed by atoms with Crippen LogP contribution < -0.4 is 0 Å². The average Bonchev–Trinajstić information content (AvgIpc) is 2.59. The number of ether oxygens (including phenoxy) is 1. The van der Waals surface area contributed by atoms with E-state index in [2.05, 4.69) is 4.89 Å². The van der Waals surface area contributed by atoms with Crippen LogP contribution in [0.5, 0.6) is 0 Å². The molecule has 0 aliphatic rings. The highest BCUT2D eigenvalue weighted by molar-refractivity contribution is 5.90. The molecule has 1 aromatic rings. The maximum absolute atomic E-state index is 11.4. The van der Waals surface area contributed by atoms with E-state index in [1.54, 1.807) is 20.8 Å². The van der Waals surface area contributed by atoms with Gasteiger partial charge in [0.15, 0.2) is 0 Å². The molecule has 0 unspecified atom stereocenters. The fourth-order valence-corrected chi connectivity index (χ4v) is 1.17. The summed E-state index contributed by atoms with van der Waals surface area (Å²) < 4.78 is 10.1. The number of carbonyl (C=O) groups excluding carboxylic acids is 1. The smallest absolute Gasteiger partial charge is 0.341 e. The zero-order valence-corrected chi connectivity index (χ0v) is 8.94. The molecule has 0 saturated heterocycles. The molecule has 5 nitrogen and oxygen atoms in total. The fourth-order valence-electron chi connectivity index (χ4n) is 1.17. The van der Waals surface area contributed by atoms with Crippen LogP contribution in [0, 0.1) is 6.92 Å². The predicted octanol–water partition coefficient (Wildman–Crippen LogP) is 2.32. The molecule has 1 N–H and O–H groups in total. The Morgan fingerprint density at radius 2 is 2.33 bits per heavy atom. The first-order valence-corrected chi connectivity index (χ1v) is 4.67. The Bertz CT molecular complexity index is 342. The van der Waals surface area contributed by atoms with Gasteiger partial charge in [0, 0.05) is 0 Å². The van der Waals surface area contributed by atoms with E-state index in [-0.39, 0.29) is 0 Å². The standard InChI is InChI=1S/C10H14O5/c1-4-13-10(11)8-5-9(7(3)15-12)14-6(8)2/h5,7,12H,4H2,1-3H3/t7-/m0/s1. The lowest BCUT2D eigenvalue weighted by Gasteiger charge is -2.01. The van der Waals surface area contributed by atoms with Crippen molar-refractivity contribution in [2.45, 2.75) is 26.9 Å². The van der Waals surface area contributed by atoms with Gasteiger partial charge in [-0.25, -0.2) is 9.68 Å². The van der Waals surface area contributed by atoms with E-state index in [0.717, 1.165) is 0 Å². The zero-order chi connectivity index (χ0) is 11.4. The molecule has 0 spiro atoms. The number of aryl methyl sites for hydroxylation is 1. The molecule has 0 radical (unpaired) electrons. The largest absolute Gasteiger partial charge is 0.463 e. The van der Waals surface area contributed by atoms with Crippen molar-refractivity contribution in [1.82, 2.24) is 0 Å². The van der Waals surface area contributed by atoms with Gasteiger partial charge in [-0.1, -0.05) is 0 Å². The molecule has 0 aliphatic heterocycles. The summed E-state index contributed by atoms with van der Waals surface area (Å²) in [6.07, 6.45) is -0.605. The first kappa shape index (κ1) is 11.7. The molecule has 1 heterocycles. The molecule has 1 atom stereocenters. The summed E-state index contributed by atoms with van der Waals surface area (Å²) in [5.74, 6) is 0.403. The van der Waals surface area contributed by atoms with Gasteiger partial charge in [-0.3, -0.25) is 5.26 Å². The van der Waals surface area contributed by atoms with E-state index in [4.69, 9.17) is 14.4 Å². The minimum absolute atomic E-state index is 0.310. The van der Waals surface area contributed by atoms with E-state index in [9.17, 15) is 4.79 Å². The Labute approximate surface area is 87.5 Å². The Morgan fingerprint density at radius 3 is 2.87 bits per heavy atom. The Balaban J connectivity index is 2.90. The van der Waals surface area contributed by atoms with Gasteiger partial charge in [0.2, 0.25) is 0 Å². The van der Waals surface area contributed by atoms with Crippen molar-refractivity contribution in [3.8, 4) is 0 Å². The lowest BCUT2D eigenvalue weighted by molar-refractivity contribution is -0.280. The van der Waals surface area contributed by atoms with Crippen LogP contribution in [-0.2, 0) is 9.62 Å². The van der Waals surface area contributed by atoms with Crippen molar-refractivity contribution < 1.29 is 24.1 Å². The average molecular weight is 214 g/mol. The third kappa shape index (κ3) is 2.57. The maximum atomic E-state index is 11.4. The summed E-state index contributed by atoms with van der Waals surface area (Å²) in [7, 11) is 0. The summed E-state index contributed by atoms with van der Waals surface area (Å²) in [5, 5.41) is 8.45. The van der Waals surface area contributed by atoms with Crippen LogP contribution in [0.25, 0.3) is 0 Å². The number of hydrogen-bond donors (Lipinski definition) is 1. The lowest BCUT2D eigenvalue weighted by atomic mass is 10.2. The number of hydrogen-bond acceptors (Lipinski definition) is 5. The second-order valence-corrected chi connectivity index (χ2v) is 3.09. The van der Waals surface area contributed by atoms with Gasteiger partial charge in [-0.05, 0) is 26.8 Å². The first-order chi connectivity index (χ1) is 7.10. The van der Waals surface area contributed by atoms with Gasteiger partial charge in [0.25, 0.3) is 0 Å². The summed E-state index contributed by atoms with van der Waals surface area (Å²) in [5.41, 5.74) is 0.357. The third-order valence-electron chi connectivity index (χ3n) is 1.99. The zero-order valence-electron chi connectivity index (χ0n) is 8.94. The lowest BCUT2D eigenvalue weighted by Crippen LogP contribution is -2.04. The van der Waals surface area contributed by atoms with Crippen molar-refractivity contribution in [3.05, 3.63) is 23.2 Å². The number of furan rings is 1. The highest BCUT2D eigenvalue weighted by Crippen LogP contribution is 2.22. The molecule has 84 valence electrons. The van der Waals surface area contributed by atoms with Gasteiger partial charge >= 0.3 is 5.97 Å². The van der Waals surface area contributed by atoms with Crippen LogP contribution in [0.15, 0.2) is 10.5 Å². The molecule has 15 heavy (non-hydrogen) atoms. The SMILES string of the molecule is CCOC(=O)c1cc([C@H](C)OO)oc1C. The quantitative estimate of drug-likeness (QED) is 0.473. The van der Waals surface area contributed by atoms with Crippen LogP contribution >= 0.6 is 0 Å². The van der Waals surface area contributed by atoms with Crippen LogP contribution in [0.3, 0.4) is 0 Å². The van der Waals surface area contributed by atoms with Crippen molar-refractivity contribution in [2.75, 3.05) is 6.61 Å². The molecule has 1 rings (SSSR count). The van der Waals surface area contributed by atoms with Gasteiger partial charge in [0.05, 0.1) is 6.61 Å². The molecule has 5 heteroatoms. The van der Waals surface area contributed by atoms with Crippen molar-refractivity contribution in [2.24, 2.45) is 0 Å². The fraction of sp³-hybridized carbons (Fsp3) is 0.500. The summed E-state index contributed by atoms with van der Waals surface area (Å²) in [6.45, 7) is 5.30. The third-order valence-corrected chi connectivity index (χ3v) is 1.99. The van der Waals surface area contributed by atoms with Crippen LogP contribution in [0.4, 0.5) is 0 Å². The molecule has 0 aromatic carbocycles. The van der Waals surface area contributed by atoms with E-state index < -0.39 is 12.1 Å². The summed E-state index contributed by atoms with van der Waals surface area (Å²) >= 11 is 0. The minimum Gasteiger partial charge on any atom is -0.463 e. The molecule has 0 saturated carbocycles. The van der Waals surface area contributed by atoms with E-state index in [1.807, 2.05) is 0 Å². The van der Waals surface area contributed by atoms with Crippen LogP contribution in [0.1, 0.15) is 41.8 Å². The van der Waals surface area contributed by atoms with Crippen LogP contribution in [0.2, 0.25) is 0 Å². The van der Waals surface area contributed by atoms with Gasteiger partial charge in [-0.2, -0.15) is 0 Å². The predicted molar refractivity (Wildman–Crippen MR) is 51.5 cm³/mol. The molecule has 0 fully saturated rings. The van der Waals surface area contributed by atoms with Crippen molar-refractivity contribution >= 4 is 5.97 Å². The molecule has 0 aliphatic carbocycles. The molecule has 0 amide bonds. The normalized spacial score (nSPS) is 12.5. The van der Waals surface area contributed by atoms with Crippen LogP contribution in [-0.4, -0.2) is 17.8 Å². The molecule has 1 aromatic heterocycles. The first-order valence-electron chi connectivity index (χ1n) is 4.67. The Kier molecular flexibility index (Phi) is 3.88. The highest BCUT2D eigenvalue weighted by Gasteiger charge is 2.19. The number of rotatable bonds is 4. The van der Waals surface area contributed by atoms with Gasteiger partial charge < -0.3 is 9.15 Å². The van der Waals surface area contributed by atoms with Crippen molar-refractivity contribution in [1.29, 1.82) is 0 Å². The Morgan fingerprint density at radius 1 is 1.67 bits per heavy atom. The summed E-state index contributed by atoms with van der Waals surface area (Å²) in [6, 6.07) is 1.51. The topological polar surface area (TPSA) is 68.9 Å². The molecular formula is C10H14O5. The molecular weight excluding hydrogens is 200 g/mol.